The van der Waals surface area contributed by atoms with E-state index in [1.165, 1.54) is 0 Å². The van der Waals surface area contributed by atoms with Gasteiger partial charge in [-0.25, -0.2) is 0 Å². The van der Waals surface area contributed by atoms with Crippen LogP contribution in [0.4, 0.5) is 0 Å². The van der Waals surface area contributed by atoms with Gasteiger partial charge < -0.3 is 15.6 Å². The molecule has 0 saturated heterocycles. The van der Waals surface area contributed by atoms with Crippen LogP contribution in [0.15, 0.2) is 18.2 Å². The van der Waals surface area contributed by atoms with Crippen molar-refractivity contribution in [2.24, 2.45) is 11.7 Å². The molecule has 0 radical (unpaired) electrons. The highest BCUT2D eigenvalue weighted by Gasteiger charge is 2.21. The Morgan fingerprint density at radius 3 is 2.22 bits per heavy atom. The largest absolute Gasteiger partial charge is 0.496 e. The minimum atomic E-state index is -0.631. The first kappa shape index (κ1) is 15.0. The van der Waals surface area contributed by atoms with Crippen molar-refractivity contribution in [2.45, 2.75) is 45.8 Å². The maximum atomic E-state index is 10.3. The van der Waals surface area contributed by atoms with E-state index in [9.17, 15) is 5.11 Å². The molecule has 3 N–H and O–H groups in total. The minimum Gasteiger partial charge on any atom is -0.496 e. The van der Waals surface area contributed by atoms with Crippen LogP contribution in [0, 0.1) is 5.92 Å². The van der Waals surface area contributed by atoms with Crippen LogP contribution < -0.4 is 10.5 Å². The Morgan fingerprint density at radius 1 is 1.17 bits per heavy atom. The molecule has 3 heteroatoms. The summed E-state index contributed by atoms with van der Waals surface area (Å²) in [6, 6.07) is 5.54. The number of rotatable bonds is 5. The molecule has 0 heterocycles. The molecular formula is C15H25NO2. The van der Waals surface area contributed by atoms with Crippen LogP contribution >= 0.6 is 0 Å². The fourth-order valence-corrected chi connectivity index (χ4v) is 1.97. The van der Waals surface area contributed by atoms with E-state index < -0.39 is 6.10 Å². The van der Waals surface area contributed by atoms with E-state index in [2.05, 4.69) is 13.8 Å². The molecule has 0 fully saturated rings. The third-order valence-corrected chi connectivity index (χ3v) is 3.35. The van der Waals surface area contributed by atoms with Crippen molar-refractivity contribution in [3.8, 4) is 5.75 Å². The van der Waals surface area contributed by atoms with E-state index in [0.717, 1.165) is 16.9 Å². The Bertz CT molecular complexity index is 388. The normalized spacial score (nSPS) is 14.9. The van der Waals surface area contributed by atoms with Crippen molar-refractivity contribution in [3.05, 3.63) is 29.3 Å². The summed E-state index contributed by atoms with van der Waals surface area (Å²) in [4.78, 5) is 0. The number of aliphatic hydroxyl groups excluding tert-OH is 1. The maximum absolute atomic E-state index is 10.3. The van der Waals surface area contributed by atoms with E-state index in [1.807, 2.05) is 32.0 Å². The first-order valence-corrected chi connectivity index (χ1v) is 6.50. The molecule has 0 bridgehead atoms. The van der Waals surface area contributed by atoms with Gasteiger partial charge in [0.2, 0.25) is 0 Å². The average Bonchev–Trinajstić information content (AvgIpc) is 2.35. The molecule has 0 aromatic heterocycles. The van der Waals surface area contributed by atoms with Crippen LogP contribution in [0.1, 0.15) is 50.8 Å². The molecule has 0 aliphatic rings. The van der Waals surface area contributed by atoms with Gasteiger partial charge in [0, 0.05) is 6.04 Å². The van der Waals surface area contributed by atoms with Crippen molar-refractivity contribution in [3.63, 3.8) is 0 Å². The molecule has 1 aromatic carbocycles. The van der Waals surface area contributed by atoms with Crippen molar-refractivity contribution in [1.82, 2.24) is 0 Å². The second-order valence-corrected chi connectivity index (χ2v) is 5.42. The summed E-state index contributed by atoms with van der Waals surface area (Å²) in [5.41, 5.74) is 7.97. The van der Waals surface area contributed by atoms with Gasteiger partial charge >= 0.3 is 0 Å². The Hall–Kier alpha value is -1.06. The zero-order valence-electron chi connectivity index (χ0n) is 12.0. The van der Waals surface area contributed by atoms with Gasteiger partial charge in [-0.3, -0.25) is 0 Å². The summed E-state index contributed by atoms with van der Waals surface area (Å²) >= 11 is 0. The minimum absolute atomic E-state index is 0.240. The highest BCUT2D eigenvalue weighted by atomic mass is 16.5. The van der Waals surface area contributed by atoms with Gasteiger partial charge in [0.1, 0.15) is 5.75 Å². The zero-order valence-corrected chi connectivity index (χ0v) is 12.0. The van der Waals surface area contributed by atoms with Crippen LogP contribution in [0.5, 0.6) is 5.75 Å². The van der Waals surface area contributed by atoms with Gasteiger partial charge in [-0.05, 0) is 35.1 Å². The van der Waals surface area contributed by atoms with Crippen LogP contribution in [0.25, 0.3) is 0 Å². The van der Waals surface area contributed by atoms with Crippen molar-refractivity contribution >= 4 is 0 Å². The molecule has 1 rings (SSSR count). The second kappa shape index (κ2) is 6.21. The van der Waals surface area contributed by atoms with Crippen LogP contribution in [-0.2, 0) is 0 Å². The number of hydrogen-bond acceptors (Lipinski definition) is 3. The number of aliphatic hydroxyl groups is 1. The van der Waals surface area contributed by atoms with Gasteiger partial charge in [-0.1, -0.05) is 33.8 Å². The van der Waals surface area contributed by atoms with Gasteiger partial charge in [0.05, 0.1) is 13.2 Å². The third kappa shape index (κ3) is 3.24. The molecular weight excluding hydrogens is 226 g/mol. The molecule has 1 aromatic rings. The van der Waals surface area contributed by atoms with Gasteiger partial charge in [0.15, 0.2) is 0 Å². The van der Waals surface area contributed by atoms with Crippen molar-refractivity contribution in [2.75, 3.05) is 7.11 Å². The number of nitrogens with two attached hydrogens (primary N) is 1. The molecule has 0 saturated carbocycles. The van der Waals surface area contributed by atoms with Crippen LogP contribution in [0.3, 0.4) is 0 Å². The Morgan fingerprint density at radius 2 is 1.78 bits per heavy atom. The predicted molar refractivity (Wildman–Crippen MR) is 74.9 cm³/mol. The fourth-order valence-electron chi connectivity index (χ4n) is 1.97. The van der Waals surface area contributed by atoms with E-state index in [1.54, 1.807) is 7.11 Å². The van der Waals surface area contributed by atoms with E-state index in [0.29, 0.717) is 5.92 Å². The Kier molecular flexibility index (Phi) is 5.17. The smallest absolute Gasteiger partial charge is 0.122 e. The molecule has 0 amide bonds. The quantitative estimate of drug-likeness (QED) is 0.846. The Balaban J connectivity index is 3.08. The van der Waals surface area contributed by atoms with Crippen LogP contribution in [-0.4, -0.2) is 18.3 Å². The maximum Gasteiger partial charge on any atom is 0.122 e. The molecule has 0 aliphatic heterocycles. The summed E-state index contributed by atoms with van der Waals surface area (Å²) in [6.07, 6.45) is -0.631. The first-order valence-electron chi connectivity index (χ1n) is 6.50. The van der Waals surface area contributed by atoms with Gasteiger partial charge in [0.25, 0.3) is 0 Å². The lowest BCUT2D eigenvalue weighted by atomic mass is 9.91. The monoisotopic (exact) mass is 251 g/mol. The highest BCUT2D eigenvalue weighted by Crippen LogP contribution is 2.30. The van der Waals surface area contributed by atoms with Crippen LogP contribution in [0.2, 0.25) is 0 Å². The highest BCUT2D eigenvalue weighted by molar-refractivity contribution is 5.40. The lowest BCUT2D eigenvalue weighted by Gasteiger charge is -2.24. The van der Waals surface area contributed by atoms with E-state index in [4.69, 9.17) is 10.5 Å². The second-order valence-electron chi connectivity index (χ2n) is 5.42. The van der Waals surface area contributed by atoms with E-state index in [-0.39, 0.29) is 12.0 Å². The first-order chi connectivity index (χ1) is 8.38. The number of ether oxygens (including phenoxy) is 1. The molecule has 102 valence electrons. The number of methoxy groups -OCH3 is 1. The molecule has 18 heavy (non-hydrogen) atoms. The SMILES string of the molecule is COc1ccc(C(O)C(N)C(C)C)cc1C(C)C. The summed E-state index contributed by atoms with van der Waals surface area (Å²) in [7, 11) is 1.66. The zero-order chi connectivity index (χ0) is 13.9. The summed E-state index contributed by atoms with van der Waals surface area (Å²) in [6.45, 7) is 8.24. The van der Waals surface area contributed by atoms with Crippen molar-refractivity contribution < 1.29 is 9.84 Å². The number of benzene rings is 1. The third-order valence-electron chi connectivity index (χ3n) is 3.35. The molecule has 0 spiro atoms. The summed E-state index contributed by atoms with van der Waals surface area (Å²) in [5.74, 6) is 1.45. The average molecular weight is 251 g/mol. The standard InChI is InChI=1S/C15H25NO2/c1-9(2)12-8-11(6-7-13(12)18-5)15(17)14(16)10(3)4/h6-10,14-15,17H,16H2,1-5H3. The van der Waals surface area contributed by atoms with Gasteiger partial charge in [-0.15, -0.1) is 0 Å². The van der Waals surface area contributed by atoms with Crippen molar-refractivity contribution in [1.29, 1.82) is 0 Å². The number of hydrogen-bond donors (Lipinski definition) is 2. The molecule has 3 nitrogen and oxygen atoms in total. The fraction of sp³-hybridized carbons (Fsp3) is 0.600. The summed E-state index contributed by atoms with van der Waals surface area (Å²) in [5, 5.41) is 10.3. The lowest BCUT2D eigenvalue weighted by molar-refractivity contribution is 0.125. The van der Waals surface area contributed by atoms with Gasteiger partial charge in [-0.2, -0.15) is 0 Å². The predicted octanol–water partition coefficient (Wildman–Crippen LogP) is 2.84. The van der Waals surface area contributed by atoms with E-state index >= 15 is 0 Å². The summed E-state index contributed by atoms with van der Waals surface area (Å²) < 4.78 is 5.34. The topological polar surface area (TPSA) is 55.5 Å². The molecule has 0 aliphatic carbocycles. The Labute approximate surface area is 110 Å². The molecule has 2 unspecified atom stereocenters. The lowest BCUT2D eigenvalue weighted by Crippen LogP contribution is -2.33. The molecule has 2 atom stereocenters.